The van der Waals surface area contributed by atoms with E-state index in [0.717, 1.165) is 12.1 Å². The highest BCUT2D eigenvalue weighted by Crippen LogP contribution is 2.42. The number of benzene rings is 1. The van der Waals surface area contributed by atoms with Crippen LogP contribution in [0.2, 0.25) is 0 Å². The lowest BCUT2D eigenvalue weighted by Crippen LogP contribution is -2.46. The van der Waals surface area contributed by atoms with Crippen molar-refractivity contribution in [1.29, 1.82) is 0 Å². The number of anilines is 1. The number of hydrogen-bond donors (Lipinski definition) is 1. The molecule has 0 unspecified atom stereocenters. The molecule has 92 valence electrons. The van der Waals surface area contributed by atoms with Gasteiger partial charge in [-0.25, -0.2) is 4.39 Å². The minimum Gasteiger partial charge on any atom is -0.481 e. The zero-order valence-corrected chi connectivity index (χ0v) is 9.82. The van der Waals surface area contributed by atoms with Gasteiger partial charge in [0.1, 0.15) is 5.82 Å². The summed E-state index contributed by atoms with van der Waals surface area (Å²) in [5, 5.41) is 9.23. The molecular formula is C13H16FNO2. The van der Waals surface area contributed by atoms with Crippen LogP contribution in [0.3, 0.4) is 0 Å². The Kier molecular flexibility index (Phi) is 3.05. The first kappa shape index (κ1) is 11.9. The molecule has 0 amide bonds. The first-order chi connectivity index (χ1) is 8.03. The molecule has 0 heterocycles. The SMILES string of the molecule is CN(CC1(C(=O)O)CCC1)c1cccc(F)c1. The second-order valence-electron chi connectivity index (χ2n) is 4.77. The number of carbonyl (C=O) groups is 1. The summed E-state index contributed by atoms with van der Waals surface area (Å²) in [6.07, 6.45) is 2.38. The second kappa shape index (κ2) is 4.35. The molecule has 1 aliphatic rings. The van der Waals surface area contributed by atoms with Gasteiger partial charge in [-0.15, -0.1) is 0 Å². The van der Waals surface area contributed by atoms with E-state index in [1.807, 2.05) is 4.90 Å². The maximum atomic E-state index is 13.1. The summed E-state index contributed by atoms with van der Waals surface area (Å²) in [4.78, 5) is 13.1. The van der Waals surface area contributed by atoms with Gasteiger partial charge in [0.2, 0.25) is 0 Å². The summed E-state index contributed by atoms with van der Waals surface area (Å²) in [7, 11) is 1.80. The van der Waals surface area contributed by atoms with Crippen LogP contribution in [0.5, 0.6) is 0 Å². The van der Waals surface area contributed by atoms with E-state index in [-0.39, 0.29) is 5.82 Å². The molecule has 1 aromatic rings. The van der Waals surface area contributed by atoms with Crippen LogP contribution in [0.1, 0.15) is 19.3 Å². The number of carboxylic acids is 1. The highest BCUT2D eigenvalue weighted by Gasteiger charge is 2.45. The lowest BCUT2D eigenvalue weighted by atomic mass is 9.68. The van der Waals surface area contributed by atoms with E-state index in [4.69, 9.17) is 0 Å². The van der Waals surface area contributed by atoms with E-state index in [1.54, 1.807) is 19.2 Å². The van der Waals surface area contributed by atoms with Crippen molar-refractivity contribution < 1.29 is 14.3 Å². The van der Waals surface area contributed by atoms with Crippen molar-refractivity contribution in [1.82, 2.24) is 0 Å². The first-order valence-electron chi connectivity index (χ1n) is 5.74. The third kappa shape index (κ3) is 2.25. The number of nitrogens with zero attached hydrogens (tertiary/aromatic N) is 1. The van der Waals surface area contributed by atoms with Gasteiger partial charge in [-0.1, -0.05) is 12.5 Å². The zero-order chi connectivity index (χ0) is 12.5. The topological polar surface area (TPSA) is 40.5 Å². The molecule has 1 aliphatic carbocycles. The predicted octanol–water partition coefficient (Wildman–Crippen LogP) is 2.52. The van der Waals surface area contributed by atoms with Crippen LogP contribution in [0.25, 0.3) is 0 Å². The largest absolute Gasteiger partial charge is 0.481 e. The Morgan fingerprint density at radius 1 is 1.53 bits per heavy atom. The minimum atomic E-state index is -0.744. The van der Waals surface area contributed by atoms with Crippen LogP contribution in [0.15, 0.2) is 24.3 Å². The fraction of sp³-hybridized carbons (Fsp3) is 0.462. The Morgan fingerprint density at radius 3 is 2.71 bits per heavy atom. The van der Waals surface area contributed by atoms with Crippen LogP contribution < -0.4 is 4.90 Å². The number of carboxylic acid groups (broad SMARTS) is 1. The molecule has 0 radical (unpaired) electrons. The summed E-state index contributed by atoms with van der Waals surface area (Å²) in [5.74, 6) is -1.04. The van der Waals surface area contributed by atoms with Crippen molar-refractivity contribution >= 4 is 11.7 Å². The smallest absolute Gasteiger partial charge is 0.311 e. The molecule has 0 aliphatic heterocycles. The molecule has 0 bridgehead atoms. The maximum Gasteiger partial charge on any atom is 0.311 e. The lowest BCUT2D eigenvalue weighted by molar-refractivity contribution is -0.153. The molecule has 17 heavy (non-hydrogen) atoms. The van der Waals surface area contributed by atoms with Crippen molar-refractivity contribution in [2.45, 2.75) is 19.3 Å². The van der Waals surface area contributed by atoms with Crippen LogP contribution in [-0.2, 0) is 4.79 Å². The number of hydrogen-bond acceptors (Lipinski definition) is 2. The highest BCUT2D eigenvalue weighted by atomic mass is 19.1. The van der Waals surface area contributed by atoms with Gasteiger partial charge in [-0.3, -0.25) is 4.79 Å². The fourth-order valence-electron chi connectivity index (χ4n) is 2.30. The Bertz CT molecular complexity index is 429. The molecule has 1 fully saturated rings. The number of aliphatic carboxylic acids is 1. The standard InChI is InChI=1S/C13H16FNO2/c1-15(11-5-2-4-10(14)8-11)9-13(12(16)17)6-3-7-13/h2,4-5,8H,3,6-7,9H2,1H3,(H,16,17). The normalized spacial score (nSPS) is 17.3. The Morgan fingerprint density at radius 2 is 2.24 bits per heavy atom. The Hall–Kier alpha value is -1.58. The molecule has 0 aromatic heterocycles. The van der Waals surface area contributed by atoms with Crippen molar-refractivity contribution in [3.8, 4) is 0 Å². The minimum absolute atomic E-state index is 0.299. The average Bonchev–Trinajstić information content (AvgIpc) is 2.22. The molecule has 4 heteroatoms. The monoisotopic (exact) mass is 237 g/mol. The molecule has 1 aromatic carbocycles. The Balaban J connectivity index is 2.11. The van der Waals surface area contributed by atoms with Crippen LogP contribution >= 0.6 is 0 Å². The summed E-state index contributed by atoms with van der Waals surface area (Å²) >= 11 is 0. The zero-order valence-electron chi connectivity index (χ0n) is 9.82. The van der Waals surface area contributed by atoms with Crippen molar-refractivity contribution in [2.24, 2.45) is 5.41 Å². The third-order valence-electron chi connectivity index (χ3n) is 3.55. The highest BCUT2D eigenvalue weighted by molar-refractivity contribution is 5.76. The van der Waals surface area contributed by atoms with Crippen molar-refractivity contribution in [2.75, 3.05) is 18.5 Å². The van der Waals surface area contributed by atoms with E-state index < -0.39 is 11.4 Å². The lowest BCUT2D eigenvalue weighted by Gasteiger charge is -2.41. The quantitative estimate of drug-likeness (QED) is 0.874. The third-order valence-corrected chi connectivity index (χ3v) is 3.55. The van der Waals surface area contributed by atoms with Gasteiger partial charge in [0.15, 0.2) is 0 Å². The van der Waals surface area contributed by atoms with Crippen molar-refractivity contribution in [3.05, 3.63) is 30.1 Å². The molecule has 1 N–H and O–H groups in total. The van der Waals surface area contributed by atoms with E-state index >= 15 is 0 Å². The van der Waals surface area contributed by atoms with Crippen LogP contribution in [-0.4, -0.2) is 24.7 Å². The molecule has 3 nitrogen and oxygen atoms in total. The van der Waals surface area contributed by atoms with E-state index in [0.29, 0.717) is 19.4 Å². The molecular weight excluding hydrogens is 221 g/mol. The average molecular weight is 237 g/mol. The second-order valence-corrected chi connectivity index (χ2v) is 4.77. The van der Waals surface area contributed by atoms with Crippen molar-refractivity contribution in [3.63, 3.8) is 0 Å². The summed E-state index contributed by atoms with van der Waals surface area (Å²) < 4.78 is 13.1. The van der Waals surface area contributed by atoms with E-state index in [2.05, 4.69) is 0 Å². The summed E-state index contributed by atoms with van der Waals surface area (Å²) in [6, 6.07) is 6.23. The molecule has 0 spiro atoms. The van der Waals surface area contributed by atoms with Gasteiger partial charge in [-0.05, 0) is 31.0 Å². The summed E-state index contributed by atoms with van der Waals surface area (Å²) in [5.41, 5.74) is 0.0821. The predicted molar refractivity (Wildman–Crippen MR) is 63.6 cm³/mol. The number of halogens is 1. The molecule has 2 rings (SSSR count). The van der Waals surface area contributed by atoms with Gasteiger partial charge < -0.3 is 10.0 Å². The molecule has 1 saturated carbocycles. The summed E-state index contributed by atoms with van der Waals surface area (Å²) in [6.45, 7) is 0.436. The number of rotatable bonds is 4. The van der Waals surface area contributed by atoms with Gasteiger partial charge in [0, 0.05) is 19.3 Å². The van der Waals surface area contributed by atoms with Crippen LogP contribution in [0.4, 0.5) is 10.1 Å². The van der Waals surface area contributed by atoms with Gasteiger partial charge in [0.05, 0.1) is 5.41 Å². The van der Waals surface area contributed by atoms with Gasteiger partial charge >= 0.3 is 5.97 Å². The van der Waals surface area contributed by atoms with E-state index in [9.17, 15) is 14.3 Å². The Labute approximate surface area is 99.9 Å². The first-order valence-corrected chi connectivity index (χ1v) is 5.74. The fourth-order valence-corrected chi connectivity index (χ4v) is 2.30. The molecule has 0 saturated heterocycles. The maximum absolute atomic E-state index is 13.1. The van der Waals surface area contributed by atoms with Gasteiger partial charge in [-0.2, -0.15) is 0 Å². The van der Waals surface area contributed by atoms with E-state index in [1.165, 1.54) is 12.1 Å². The van der Waals surface area contributed by atoms with Gasteiger partial charge in [0.25, 0.3) is 0 Å². The molecule has 0 atom stereocenters. The van der Waals surface area contributed by atoms with Crippen LogP contribution in [0, 0.1) is 11.2 Å².